The number of carbonyl (C=O) groups excluding carboxylic acids is 3. The number of carbonyl (C=O) groups is 3. The topological polar surface area (TPSA) is 91.7 Å². The molecule has 35 heavy (non-hydrogen) atoms. The first-order valence-corrected chi connectivity index (χ1v) is 11.8. The molecule has 1 heterocycles. The van der Waals surface area contributed by atoms with Crippen molar-refractivity contribution in [2.24, 2.45) is 0 Å². The van der Waals surface area contributed by atoms with Gasteiger partial charge < -0.3 is 15.1 Å². The van der Waals surface area contributed by atoms with E-state index in [-0.39, 0.29) is 17.7 Å². The van der Waals surface area contributed by atoms with Gasteiger partial charge in [-0.3, -0.25) is 19.3 Å². The summed E-state index contributed by atoms with van der Waals surface area (Å²) >= 11 is 6.05. The van der Waals surface area contributed by atoms with Crippen molar-refractivity contribution in [3.8, 4) is 0 Å². The molecular weight excluding hydrogens is 473 g/mol. The first-order chi connectivity index (χ1) is 16.9. The number of amides is 3. The lowest BCUT2D eigenvalue weighted by Crippen LogP contribution is -2.49. The molecular formula is C26H25ClFN3O4. The van der Waals surface area contributed by atoms with Crippen molar-refractivity contribution in [1.29, 1.82) is 0 Å². The molecule has 3 aromatic rings. The van der Waals surface area contributed by atoms with Crippen LogP contribution in [-0.2, 0) is 9.59 Å². The summed E-state index contributed by atoms with van der Waals surface area (Å²) in [6.45, 7) is -0.392. The van der Waals surface area contributed by atoms with Crippen LogP contribution in [0.25, 0.3) is 0 Å². The van der Waals surface area contributed by atoms with Crippen LogP contribution in [0.4, 0.5) is 10.1 Å². The van der Waals surface area contributed by atoms with E-state index in [2.05, 4.69) is 10.6 Å². The monoisotopic (exact) mass is 497 g/mol. The molecule has 0 saturated heterocycles. The van der Waals surface area contributed by atoms with Gasteiger partial charge in [-0.25, -0.2) is 4.39 Å². The molecule has 2 N–H and O–H groups in total. The smallest absolute Gasteiger partial charge is 0.287 e. The number of rotatable bonds is 8. The average molecular weight is 498 g/mol. The minimum atomic E-state index is -1.09. The fourth-order valence-corrected chi connectivity index (χ4v) is 4.31. The average Bonchev–Trinajstić information content (AvgIpc) is 3.57. The normalized spacial score (nSPS) is 14.3. The molecule has 4 rings (SSSR count). The minimum Gasteiger partial charge on any atom is -0.459 e. The Balaban J connectivity index is 1.67. The molecule has 7 nitrogen and oxygen atoms in total. The van der Waals surface area contributed by atoms with Gasteiger partial charge >= 0.3 is 0 Å². The molecule has 0 bridgehead atoms. The van der Waals surface area contributed by atoms with Crippen LogP contribution >= 0.6 is 11.6 Å². The molecule has 2 aromatic carbocycles. The maximum absolute atomic E-state index is 13.7. The summed E-state index contributed by atoms with van der Waals surface area (Å²) in [5, 5.41) is 6.03. The summed E-state index contributed by atoms with van der Waals surface area (Å²) in [6.07, 6.45) is 5.11. The highest BCUT2D eigenvalue weighted by atomic mass is 35.5. The molecule has 1 fully saturated rings. The van der Waals surface area contributed by atoms with Crippen LogP contribution in [0.2, 0.25) is 5.02 Å². The molecule has 3 amide bonds. The third-order valence-corrected chi connectivity index (χ3v) is 6.16. The highest BCUT2D eigenvalue weighted by molar-refractivity contribution is 6.30. The molecule has 1 aromatic heterocycles. The van der Waals surface area contributed by atoms with Crippen molar-refractivity contribution >= 4 is 35.0 Å². The number of hydrogen-bond donors (Lipinski definition) is 2. The zero-order chi connectivity index (χ0) is 24.8. The Morgan fingerprint density at radius 3 is 2.34 bits per heavy atom. The third-order valence-electron chi connectivity index (χ3n) is 5.91. The van der Waals surface area contributed by atoms with Crippen molar-refractivity contribution in [3.63, 3.8) is 0 Å². The predicted octanol–water partition coefficient (Wildman–Crippen LogP) is 4.64. The summed E-state index contributed by atoms with van der Waals surface area (Å²) in [6, 6.07) is 13.9. The maximum atomic E-state index is 13.7. The van der Waals surface area contributed by atoms with E-state index < -0.39 is 30.2 Å². The van der Waals surface area contributed by atoms with Gasteiger partial charge in [0.25, 0.3) is 5.91 Å². The second-order valence-electron chi connectivity index (χ2n) is 8.34. The molecule has 1 aliphatic carbocycles. The molecule has 182 valence electrons. The van der Waals surface area contributed by atoms with Crippen LogP contribution in [0, 0.1) is 5.82 Å². The van der Waals surface area contributed by atoms with Gasteiger partial charge in [-0.05, 0) is 66.9 Å². The predicted molar refractivity (Wildman–Crippen MR) is 130 cm³/mol. The van der Waals surface area contributed by atoms with Gasteiger partial charge in [0.2, 0.25) is 11.8 Å². The van der Waals surface area contributed by atoms with Gasteiger partial charge in [0.05, 0.1) is 12.8 Å². The van der Waals surface area contributed by atoms with Crippen molar-refractivity contribution < 1.29 is 23.2 Å². The summed E-state index contributed by atoms with van der Waals surface area (Å²) in [5.41, 5.74) is 0.838. The maximum Gasteiger partial charge on any atom is 0.287 e. The van der Waals surface area contributed by atoms with Crippen LogP contribution in [0.15, 0.2) is 71.3 Å². The third kappa shape index (κ3) is 6.08. The van der Waals surface area contributed by atoms with E-state index in [1.807, 2.05) is 0 Å². The lowest BCUT2D eigenvalue weighted by Gasteiger charge is -2.32. The second kappa shape index (κ2) is 11.2. The lowest BCUT2D eigenvalue weighted by molar-refractivity contribution is -0.126. The first kappa shape index (κ1) is 24.5. The van der Waals surface area contributed by atoms with E-state index in [9.17, 15) is 18.8 Å². The summed E-state index contributed by atoms with van der Waals surface area (Å²) in [5.74, 6) is -1.89. The van der Waals surface area contributed by atoms with Crippen molar-refractivity contribution in [1.82, 2.24) is 10.6 Å². The van der Waals surface area contributed by atoms with E-state index >= 15 is 0 Å². The van der Waals surface area contributed by atoms with Crippen LogP contribution < -0.4 is 15.5 Å². The van der Waals surface area contributed by atoms with Gasteiger partial charge in [0.15, 0.2) is 5.76 Å². The van der Waals surface area contributed by atoms with E-state index in [0.717, 1.165) is 25.7 Å². The highest BCUT2D eigenvalue weighted by Crippen LogP contribution is 2.30. The van der Waals surface area contributed by atoms with Gasteiger partial charge in [0, 0.05) is 16.8 Å². The summed E-state index contributed by atoms with van der Waals surface area (Å²) in [4.78, 5) is 40.7. The van der Waals surface area contributed by atoms with Gasteiger partial charge in [-0.15, -0.1) is 0 Å². The SMILES string of the molecule is O=C(NCC(=O)N(c1ccc(Cl)cc1)C(C(=O)NC1CCCC1)c1ccc(F)cc1)c1ccco1. The first-order valence-electron chi connectivity index (χ1n) is 11.4. The van der Waals surface area contributed by atoms with E-state index in [4.69, 9.17) is 16.0 Å². The number of halogens is 2. The van der Waals surface area contributed by atoms with Crippen molar-refractivity contribution in [2.45, 2.75) is 37.8 Å². The lowest BCUT2D eigenvalue weighted by atomic mass is 10.0. The standard InChI is InChI=1S/C26H25ClFN3O4/c27-18-9-13-21(14-10-18)31(23(32)16-29-25(33)22-6-3-15-35-22)24(17-7-11-19(28)12-8-17)26(34)30-20-4-1-2-5-20/h3,6-15,20,24H,1-2,4-5,16H2,(H,29,33)(H,30,34). The largest absolute Gasteiger partial charge is 0.459 e. The minimum absolute atomic E-state index is 0.00581. The molecule has 1 unspecified atom stereocenters. The fraction of sp³-hybridized carbons (Fsp3) is 0.269. The zero-order valence-corrected chi connectivity index (χ0v) is 19.6. The van der Waals surface area contributed by atoms with Gasteiger partial charge in [-0.2, -0.15) is 0 Å². The summed E-state index contributed by atoms with van der Waals surface area (Å²) in [7, 11) is 0. The van der Waals surface area contributed by atoms with Crippen molar-refractivity contribution in [2.75, 3.05) is 11.4 Å². The fourth-order valence-electron chi connectivity index (χ4n) is 4.19. The molecule has 1 atom stereocenters. The molecule has 1 saturated carbocycles. The Kier molecular flexibility index (Phi) is 7.82. The number of nitrogens with one attached hydrogen (secondary N) is 2. The number of benzene rings is 2. The van der Waals surface area contributed by atoms with E-state index in [1.54, 1.807) is 30.3 Å². The number of hydrogen-bond acceptors (Lipinski definition) is 4. The van der Waals surface area contributed by atoms with E-state index in [1.165, 1.54) is 41.5 Å². The Labute approximate surface area is 207 Å². The zero-order valence-electron chi connectivity index (χ0n) is 18.9. The Morgan fingerprint density at radius 2 is 1.71 bits per heavy atom. The van der Waals surface area contributed by atoms with Crippen LogP contribution in [0.1, 0.15) is 47.8 Å². The van der Waals surface area contributed by atoms with Crippen LogP contribution in [0.3, 0.4) is 0 Å². The quantitative estimate of drug-likeness (QED) is 0.474. The second-order valence-corrected chi connectivity index (χ2v) is 8.78. The van der Waals surface area contributed by atoms with Crippen LogP contribution in [-0.4, -0.2) is 30.3 Å². The number of furan rings is 1. The Hall–Kier alpha value is -3.65. The Morgan fingerprint density at radius 1 is 1.03 bits per heavy atom. The molecule has 9 heteroatoms. The van der Waals surface area contributed by atoms with Gasteiger partial charge in [-0.1, -0.05) is 36.6 Å². The Bertz CT molecular complexity index is 1160. The number of anilines is 1. The van der Waals surface area contributed by atoms with Crippen LogP contribution in [0.5, 0.6) is 0 Å². The number of nitrogens with zero attached hydrogens (tertiary/aromatic N) is 1. The summed E-state index contributed by atoms with van der Waals surface area (Å²) < 4.78 is 18.8. The molecule has 1 aliphatic rings. The molecule has 0 aliphatic heterocycles. The molecule has 0 radical (unpaired) electrons. The van der Waals surface area contributed by atoms with Crippen molar-refractivity contribution in [3.05, 3.63) is 89.1 Å². The van der Waals surface area contributed by atoms with E-state index in [0.29, 0.717) is 16.3 Å². The van der Waals surface area contributed by atoms with Gasteiger partial charge in [0.1, 0.15) is 11.9 Å². The highest BCUT2D eigenvalue weighted by Gasteiger charge is 2.34. The molecule has 0 spiro atoms.